The van der Waals surface area contributed by atoms with Gasteiger partial charge in [0, 0.05) is 156 Å². The molecule has 6 aliphatic rings. The highest BCUT2D eigenvalue weighted by Gasteiger charge is 2.63. The van der Waals surface area contributed by atoms with Crippen LogP contribution >= 0.6 is 58.8 Å². The number of carbonyl (C=O) groups excluding carboxylic acids is 20. The van der Waals surface area contributed by atoms with Gasteiger partial charge >= 0.3 is 119 Å². The van der Waals surface area contributed by atoms with Crippen LogP contribution in [0.5, 0.6) is 0 Å². The van der Waals surface area contributed by atoms with Gasteiger partial charge < -0.3 is 123 Å². The number of carbonyl (C=O) groups is 20. The highest BCUT2D eigenvalue weighted by molar-refractivity contribution is 8.02. The minimum atomic E-state index is -1.98. The summed E-state index contributed by atoms with van der Waals surface area (Å²) >= 11 is 2.97. The summed E-state index contributed by atoms with van der Waals surface area (Å²) < 4.78 is 155. The third kappa shape index (κ3) is 32.8. The van der Waals surface area contributed by atoms with Gasteiger partial charge in [0.05, 0.1) is 10.5 Å². The van der Waals surface area contributed by atoms with E-state index < -0.39 is 335 Å². The van der Waals surface area contributed by atoms with Gasteiger partial charge in [-0.15, -0.1) is 58.8 Å². The molecule has 0 aromatic carbocycles. The lowest BCUT2D eigenvalue weighted by Gasteiger charge is -2.50. The van der Waals surface area contributed by atoms with E-state index in [-0.39, 0.29) is 0 Å². The van der Waals surface area contributed by atoms with Crippen LogP contribution in [0.15, 0.2) is 0 Å². The number of thioether (sulfide) groups is 5. The van der Waals surface area contributed by atoms with E-state index in [0.717, 1.165) is 138 Å². The number of rotatable bonds is 36. The molecule has 0 aromatic rings. The van der Waals surface area contributed by atoms with Crippen molar-refractivity contribution >= 4 is 178 Å². The van der Waals surface area contributed by atoms with Crippen molar-refractivity contribution in [1.82, 2.24) is 0 Å². The molecular formula is C76H102O46S5. The first-order valence-electron chi connectivity index (χ1n) is 38.8. The van der Waals surface area contributed by atoms with Crippen molar-refractivity contribution in [1.29, 1.82) is 0 Å². The van der Waals surface area contributed by atoms with Crippen LogP contribution in [0.1, 0.15) is 138 Å². The van der Waals surface area contributed by atoms with Gasteiger partial charge in [0.25, 0.3) is 0 Å². The van der Waals surface area contributed by atoms with Gasteiger partial charge in [-0.3, -0.25) is 95.9 Å². The van der Waals surface area contributed by atoms with Gasteiger partial charge in [-0.05, 0) is 0 Å². The Morgan fingerprint density at radius 2 is 0.362 bits per heavy atom. The smallest absolute Gasteiger partial charge is 0.305 e. The molecule has 30 atom stereocenters. The average Bonchev–Trinajstić information content (AvgIpc) is 0.763. The van der Waals surface area contributed by atoms with Crippen LogP contribution in [0.3, 0.4) is 0 Å². The van der Waals surface area contributed by atoms with E-state index in [0.29, 0.717) is 58.8 Å². The van der Waals surface area contributed by atoms with Gasteiger partial charge in [0.1, 0.15) is 95.8 Å². The minimum absolute atomic E-state index is 0.523. The fourth-order valence-electron chi connectivity index (χ4n) is 14.0. The van der Waals surface area contributed by atoms with Gasteiger partial charge in [0.15, 0.2) is 79.4 Å². The molecule has 0 amide bonds. The Kier molecular flexibility index (Phi) is 41.7. The maximum absolute atomic E-state index is 14.2. The first kappa shape index (κ1) is 107. The molecule has 0 saturated carbocycles. The Bertz CT molecular complexity index is 3990. The maximum atomic E-state index is 14.2. The summed E-state index contributed by atoms with van der Waals surface area (Å²) in [5, 5.41) is -3.52. The van der Waals surface area contributed by atoms with Crippen molar-refractivity contribution in [3.63, 3.8) is 0 Å². The lowest BCUT2D eigenvalue weighted by atomic mass is 9.98. The van der Waals surface area contributed by atoms with Gasteiger partial charge in [-0.2, -0.15) is 0 Å². The van der Waals surface area contributed by atoms with Crippen molar-refractivity contribution in [3.05, 3.63) is 0 Å². The fraction of sp³-hybridized carbons (Fsp3) is 0.737. The summed E-state index contributed by atoms with van der Waals surface area (Å²) in [6.45, 7) is 16.7. The molecular weight excluding hydrogens is 1810 g/mol. The number of esters is 20. The zero-order valence-electron chi connectivity index (χ0n) is 72.4. The summed E-state index contributed by atoms with van der Waals surface area (Å²) in [5.74, 6) is -22.8. The van der Waals surface area contributed by atoms with E-state index in [1.807, 2.05) is 0 Å². The van der Waals surface area contributed by atoms with Crippen molar-refractivity contribution in [3.8, 4) is 0 Å². The third-order valence-electron chi connectivity index (χ3n) is 17.9. The molecule has 0 spiro atoms. The Hall–Kier alpha value is -9.09. The van der Waals surface area contributed by atoms with Crippen LogP contribution in [0.2, 0.25) is 0 Å². The molecule has 6 rings (SSSR count). The Labute approximate surface area is 747 Å². The molecule has 127 heavy (non-hydrogen) atoms. The SMILES string of the molecule is CC(=O)OC[C@H]1O[C@@H](SC[C@H]2O[C@@H](SC[C@H]3O[C@@H](SC[C@H]4O[C@@H](OC(C)=O)[C@H](OC(C)=O)[C@@H](OC(C)=O)[C@@H]4OC(C)=O)[C@H](OC(C)=O)[C@@H](S[C@@H]4O[C@H](COC(C)=O)[C@@H](OC(C)=O)[C@H](OC(C)=O)[C@H]4OC(C)=O)[C@@H]3OC(C)=O)[C@H](OC(C)=O)[C@@H](S[C@@H]3O[C@H](COC(C)=O)[C@@H](OC(C)=O)[C@H](OC(C)=O)[C@H]3OC(C)=O)[C@@H]2OC(C)=O)[C@H](OC(C)=O)[C@@H](OC(C)=O)[C@@H]1OC(C)=O. The van der Waals surface area contributed by atoms with Crippen molar-refractivity contribution in [2.24, 2.45) is 0 Å². The normalized spacial score (nSPS) is 32.6. The maximum Gasteiger partial charge on any atom is 0.305 e. The zero-order chi connectivity index (χ0) is 95.0. The number of ether oxygens (including phenoxy) is 26. The van der Waals surface area contributed by atoms with Crippen LogP contribution in [0.25, 0.3) is 0 Å². The first-order valence-corrected chi connectivity index (χ1v) is 43.9. The van der Waals surface area contributed by atoms with Gasteiger partial charge in [-0.25, -0.2) is 0 Å². The quantitative estimate of drug-likeness (QED) is 0.0621. The molecule has 6 fully saturated rings. The number of hydrogen-bond donors (Lipinski definition) is 0. The van der Waals surface area contributed by atoms with E-state index in [4.69, 9.17) is 123 Å². The lowest BCUT2D eigenvalue weighted by molar-refractivity contribution is -0.292. The van der Waals surface area contributed by atoms with Gasteiger partial charge in [-0.1, -0.05) is 0 Å². The van der Waals surface area contributed by atoms with Crippen LogP contribution < -0.4 is 0 Å². The molecule has 6 aliphatic heterocycles. The predicted octanol–water partition coefficient (Wildman–Crippen LogP) is 0.899. The Morgan fingerprint density at radius 1 is 0.181 bits per heavy atom. The van der Waals surface area contributed by atoms with E-state index >= 15 is 0 Å². The lowest BCUT2D eigenvalue weighted by Crippen LogP contribution is -2.65. The second-order valence-electron chi connectivity index (χ2n) is 28.7. The summed E-state index contributed by atoms with van der Waals surface area (Å²) in [6, 6.07) is 0. The van der Waals surface area contributed by atoms with Gasteiger partial charge in [0.2, 0.25) is 12.4 Å². The van der Waals surface area contributed by atoms with E-state index in [2.05, 4.69) is 0 Å². The molecule has 51 heteroatoms. The van der Waals surface area contributed by atoms with Crippen molar-refractivity contribution in [2.75, 3.05) is 37.1 Å². The summed E-state index contributed by atoms with van der Waals surface area (Å²) in [5.41, 5.74) is -8.98. The molecule has 0 N–H and O–H groups in total. The molecule has 46 nitrogen and oxygen atoms in total. The second-order valence-corrected chi connectivity index (χ2v) is 34.6. The summed E-state index contributed by atoms with van der Waals surface area (Å²) in [4.78, 5) is 265. The topological polar surface area (TPSA) is 581 Å². The van der Waals surface area contributed by atoms with Crippen LogP contribution in [-0.2, 0) is 219 Å². The molecule has 712 valence electrons. The molecule has 6 saturated heterocycles. The van der Waals surface area contributed by atoms with Crippen LogP contribution in [-0.4, -0.2) is 335 Å². The molecule has 0 bridgehead atoms. The third-order valence-corrected chi connectivity index (χ3v) is 24.6. The Balaban J connectivity index is 1.70. The molecule has 0 radical (unpaired) electrons. The van der Waals surface area contributed by atoms with E-state index in [1.54, 1.807) is 0 Å². The Morgan fingerprint density at radius 3 is 0.622 bits per heavy atom. The largest absolute Gasteiger partial charge is 0.463 e. The standard InChI is InChI=1S/C76H102O46S5/c1-27(77)97-21-47-53(100-30(4)80)60(107-37(11)87)64(111-41(15)91)72(118-47)123-25-51-57(104-34(8)84)69(126-75-65(112-42(16)92)61(108-38(12)88)54(101-31(5)81)48(119-75)22-98-28(2)78)68(115-45(19)95)74(121-51)125-26-52-58(105-35(9)85)70(127-76-66(113-43(17)93)62(109-39(13)89)55(102-32(6)82)49(120-76)23-99-29(3)79)67(114-44(18)94)73(122-52)124-24-50-56(103-33(7)83)59(106-36(10)86)63(110-40(14)90)71(117-50)116-46(20)96/h47-76H,21-26H2,1-20H3/t47-,48-,49-,50-,51-,52-,53-,54-,55-,56-,57-,58-,59+,60+,61+,62+,63-,64-,65-,66-,67-,68-,69+,70+,71-,72+,73+,74+,75+,76+/m1/s1. The van der Waals surface area contributed by atoms with E-state index in [1.165, 1.54) is 0 Å². The highest BCUT2D eigenvalue weighted by atomic mass is 32.2. The van der Waals surface area contributed by atoms with Crippen LogP contribution in [0, 0.1) is 0 Å². The summed E-state index contributed by atoms with van der Waals surface area (Å²) in [6.07, 6.45) is -41.8. The minimum Gasteiger partial charge on any atom is -0.463 e. The molecule has 0 aromatic heterocycles. The van der Waals surface area contributed by atoms with Crippen LogP contribution in [0.4, 0.5) is 0 Å². The first-order chi connectivity index (χ1) is 59.4. The molecule has 6 heterocycles. The summed E-state index contributed by atoms with van der Waals surface area (Å²) in [7, 11) is 0. The predicted molar refractivity (Wildman–Crippen MR) is 423 cm³/mol. The van der Waals surface area contributed by atoms with Crippen molar-refractivity contribution < 1.29 is 219 Å². The van der Waals surface area contributed by atoms with E-state index in [9.17, 15) is 95.9 Å². The average molecular weight is 1910 g/mol. The fourth-order valence-corrected chi connectivity index (χ4v) is 21.2. The zero-order valence-corrected chi connectivity index (χ0v) is 76.5. The second kappa shape index (κ2) is 49.6. The molecule has 0 unspecified atom stereocenters. The van der Waals surface area contributed by atoms with Crippen molar-refractivity contribution in [2.45, 2.75) is 317 Å². The molecule has 0 aliphatic carbocycles. The highest BCUT2D eigenvalue weighted by Crippen LogP contribution is 2.50. The monoisotopic (exact) mass is 1910 g/mol. The number of hydrogen-bond acceptors (Lipinski definition) is 51.